The molecular formula is C14H20N6O3. The van der Waals surface area contributed by atoms with Crippen LogP contribution in [0, 0.1) is 24.0 Å². The highest BCUT2D eigenvalue weighted by atomic mass is 16.6. The second kappa shape index (κ2) is 6.59. The third kappa shape index (κ3) is 3.74. The quantitative estimate of drug-likeness (QED) is 0.639. The van der Waals surface area contributed by atoms with Gasteiger partial charge in [-0.25, -0.2) is 0 Å². The molecule has 0 saturated carbocycles. The third-order valence-electron chi connectivity index (χ3n) is 3.72. The first kappa shape index (κ1) is 16.7. The van der Waals surface area contributed by atoms with E-state index in [1.165, 1.54) is 10.9 Å². The minimum Gasteiger partial charge on any atom is -0.349 e. The van der Waals surface area contributed by atoms with E-state index in [1.54, 1.807) is 11.6 Å². The third-order valence-corrected chi connectivity index (χ3v) is 3.72. The number of nitrogens with one attached hydrogen (secondary N) is 1. The highest BCUT2D eigenvalue weighted by molar-refractivity contribution is 5.76. The van der Waals surface area contributed by atoms with Crippen LogP contribution < -0.4 is 5.32 Å². The minimum atomic E-state index is -0.480. The van der Waals surface area contributed by atoms with Crippen LogP contribution in [-0.2, 0) is 18.4 Å². The first-order valence-electron chi connectivity index (χ1n) is 7.26. The van der Waals surface area contributed by atoms with Crippen LogP contribution in [0.5, 0.6) is 0 Å². The van der Waals surface area contributed by atoms with E-state index in [-0.39, 0.29) is 24.1 Å². The number of hydrogen-bond donors (Lipinski definition) is 1. The standard InChI is InChI=1S/C14H20N6O3/c1-9(12-8-18(4)17-10(12)2)16-14(21)5-6-19-11(3)13(7-15-19)20(22)23/h7-9H,5-6H2,1-4H3,(H,16,21). The molecular weight excluding hydrogens is 300 g/mol. The number of carbonyl (C=O) groups excluding carboxylic acids is 1. The molecule has 2 aromatic heterocycles. The fourth-order valence-corrected chi connectivity index (χ4v) is 2.48. The summed E-state index contributed by atoms with van der Waals surface area (Å²) >= 11 is 0. The maximum absolute atomic E-state index is 12.1. The maximum atomic E-state index is 12.1. The predicted molar refractivity (Wildman–Crippen MR) is 82.7 cm³/mol. The highest BCUT2D eigenvalue weighted by Crippen LogP contribution is 2.17. The summed E-state index contributed by atoms with van der Waals surface area (Å²) in [6.45, 7) is 5.70. The second-order valence-corrected chi connectivity index (χ2v) is 5.48. The number of aromatic nitrogens is 4. The molecule has 0 saturated heterocycles. The summed E-state index contributed by atoms with van der Waals surface area (Å²) in [5, 5.41) is 21.9. The Labute approximate surface area is 133 Å². The molecule has 1 amide bonds. The Kier molecular flexibility index (Phi) is 4.77. The van der Waals surface area contributed by atoms with Crippen molar-refractivity contribution in [3.63, 3.8) is 0 Å². The number of carbonyl (C=O) groups is 1. The van der Waals surface area contributed by atoms with Gasteiger partial charge in [-0.3, -0.25) is 24.3 Å². The van der Waals surface area contributed by atoms with E-state index in [1.807, 2.05) is 27.1 Å². The van der Waals surface area contributed by atoms with Crippen molar-refractivity contribution in [1.29, 1.82) is 0 Å². The summed E-state index contributed by atoms with van der Waals surface area (Å²) in [6, 6.07) is -0.149. The fraction of sp³-hybridized carbons (Fsp3) is 0.500. The van der Waals surface area contributed by atoms with Crippen molar-refractivity contribution in [2.45, 2.75) is 39.8 Å². The van der Waals surface area contributed by atoms with E-state index in [2.05, 4.69) is 15.5 Å². The average Bonchev–Trinajstić information content (AvgIpc) is 2.99. The van der Waals surface area contributed by atoms with Crippen molar-refractivity contribution >= 4 is 11.6 Å². The molecule has 1 atom stereocenters. The van der Waals surface area contributed by atoms with Crippen molar-refractivity contribution < 1.29 is 9.72 Å². The minimum absolute atomic E-state index is 0.0373. The topological polar surface area (TPSA) is 108 Å². The SMILES string of the molecule is Cc1nn(C)cc1C(C)NC(=O)CCn1ncc([N+](=O)[O-])c1C. The lowest BCUT2D eigenvalue weighted by Crippen LogP contribution is -2.27. The van der Waals surface area contributed by atoms with Gasteiger partial charge < -0.3 is 5.32 Å². The summed E-state index contributed by atoms with van der Waals surface area (Å²) in [6.07, 6.45) is 3.28. The molecule has 9 heteroatoms. The smallest absolute Gasteiger partial charge is 0.309 e. The lowest BCUT2D eigenvalue weighted by Gasteiger charge is -2.13. The van der Waals surface area contributed by atoms with Crippen LogP contribution in [0.25, 0.3) is 0 Å². The summed E-state index contributed by atoms with van der Waals surface area (Å²) in [5.41, 5.74) is 2.24. The largest absolute Gasteiger partial charge is 0.349 e. The molecule has 2 heterocycles. The molecule has 0 aliphatic carbocycles. The van der Waals surface area contributed by atoms with E-state index >= 15 is 0 Å². The Bertz CT molecular complexity index is 733. The van der Waals surface area contributed by atoms with E-state index in [4.69, 9.17) is 0 Å². The van der Waals surface area contributed by atoms with Crippen molar-refractivity contribution in [1.82, 2.24) is 24.9 Å². The Hall–Kier alpha value is -2.71. The van der Waals surface area contributed by atoms with Crippen molar-refractivity contribution in [3.05, 3.63) is 39.5 Å². The number of nitrogens with zero attached hydrogens (tertiary/aromatic N) is 5. The van der Waals surface area contributed by atoms with Crippen LogP contribution in [0.4, 0.5) is 5.69 Å². The molecule has 0 radical (unpaired) electrons. The van der Waals surface area contributed by atoms with Crippen molar-refractivity contribution in [3.8, 4) is 0 Å². The second-order valence-electron chi connectivity index (χ2n) is 5.48. The van der Waals surface area contributed by atoms with E-state index < -0.39 is 4.92 Å². The van der Waals surface area contributed by atoms with Crippen LogP contribution in [0.15, 0.2) is 12.4 Å². The normalized spacial score (nSPS) is 12.2. The molecule has 0 aromatic carbocycles. The zero-order valence-corrected chi connectivity index (χ0v) is 13.6. The number of aryl methyl sites for hydroxylation is 3. The molecule has 0 aliphatic rings. The first-order chi connectivity index (χ1) is 10.8. The van der Waals surface area contributed by atoms with Gasteiger partial charge in [-0.2, -0.15) is 10.2 Å². The lowest BCUT2D eigenvalue weighted by molar-refractivity contribution is -0.385. The molecule has 1 N–H and O–H groups in total. The van der Waals surface area contributed by atoms with Gasteiger partial charge in [0.15, 0.2) is 0 Å². The van der Waals surface area contributed by atoms with Crippen molar-refractivity contribution in [2.24, 2.45) is 7.05 Å². The van der Waals surface area contributed by atoms with Gasteiger partial charge in [-0.15, -0.1) is 0 Å². The van der Waals surface area contributed by atoms with Gasteiger partial charge in [0.1, 0.15) is 11.9 Å². The Morgan fingerprint density at radius 1 is 1.48 bits per heavy atom. The average molecular weight is 320 g/mol. The Balaban J connectivity index is 1.93. The molecule has 0 spiro atoms. The number of hydrogen-bond acceptors (Lipinski definition) is 5. The fourth-order valence-electron chi connectivity index (χ4n) is 2.48. The van der Waals surface area contributed by atoms with Gasteiger partial charge in [0.25, 0.3) is 0 Å². The van der Waals surface area contributed by atoms with E-state index in [0.717, 1.165) is 11.3 Å². The van der Waals surface area contributed by atoms with Crippen LogP contribution in [0.2, 0.25) is 0 Å². The van der Waals surface area contributed by atoms with Crippen LogP contribution in [0.3, 0.4) is 0 Å². The Morgan fingerprint density at radius 2 is 2.17 bits per heavy atom. The molecule has 1 unspecified atom stereocenters. The monoisotopic (exact) mass is 320 g/mol. The number of amides is 1. The highest BCUT2D eigenvalue weighted by Gasteiger charge is 2.18. The van der Waals surface area contributed by atoms with E-state index in [0.29, 0.717) is 12.2 Å². The van der Waals surface area contributed by atoms with Gasteiger partial charge in [-0.05, 0) is 20.8 Å². The lowest BCUT2D eigenvalue weighted by atomic mass is 10.1. The van der Waals surface area contributed by atoms with Gasteiger partial charge in [0.05, 0.1) is 23.2 Å². The van der Waals surface area contributed by atoms with Crippen molar-refractivity contribution in [2.75, 3.05) is 0 Å². The number of rotatable bonds is 6. The molecule has 2 rings (SSSR count). The molecule has 0 aliphatic heterocycles. The van der Waals surface area contributed by atoms with Gasteiger partial charge in [0.2, 0.25) is 5.91 Å². The summed E-state index contributed by atoms with van der Waals surface area (Å²) in [7, 11) is 1.83. The number of nitro groups is 1. The zero-order chi connectivity index (χ0) is 17.1. The maximum Gasteiger partial charge on any atom is 0.309 e. The van der Waals surface area contributed by atoms with Crippen LogP contribution in [-0.4, -0.2) is 30.4 Å². The molecule has 124 valence electrons. The molecule has 9 nitrogen and oxygen atoms in total. The summed E-state index contributed by atoms with van der Waals surface area (Å²) < 4.78 is 3.18. The van der Waals surface area contributed by atoms with E-state index in [9.17, 15) is 14.9 Å². The Morgan fingerprint density at radius 3 is 2.70 bits per heavy atom. The molecule has 0 bridgehead atoms. The van der Waals surface area contributed by atoms with Gasteiger partial charge in [0, 0.05) is 25.2 Å². The molecule has 0 fully saturated rings. The summed E-state index contributed by atoms with van der Waals surface area (Å²) in [5.74, 6) is -0.140. The predicted octanol–water partition coefficient (Wildman–Crippen LogP) is 1.41. The molecule has 23 heavy (non-hydrogen) atoms. The van der Waals surface area contributed by atoms with Crippen LogP contribution in [0.1, 0.15) is 36.3 Å². The van der Waals surface area contributed by atoms with Gasteiger partial charge in [-0.1, -0.05) is 0 Å². The summed E-state index contributed by atoms with van der Waals surface area (Å²) in [4.78, 5) is 22.4. The first-order valence-corrected chi connectivity index (χ1v) is 7.26. The van der Waals surface area contributed by atoms with Crippen LogP contribution >= 0.6 is 0 Å². The zero-order valence-electron chi connectivity index (χ0n) is 13.6. The van der Waals surface area contributed by atoms with Gasteiger partial charge >= 0.3 is 5.69 Å². The molecule has 2 aromatic rings.